The molecule has 2 heteroatoms. The minimum Gasteiger partial charge on any atom is -0.478 e. The van der Waals surface area contributed by atoms with Crippen molar-refractivity contribution in [1.29, 1.82) is 0 Å². The third-order valence-corrected chi connectivity index (χ3v) is 4.56. The summed E-state index contributed by atoms with van der Waals surface area (Å²) in [7, 11) is 0. The maximum Gasteiger partial charge on any atom is 0.328 e. The largest absolute Gasteiger partial charge is 0.478 e. The average molecular weight is 369 g/mol. The monoisotopic (exact) mass is 368 g/mol. The summed E-state index contributed by atoms with van der Waals surface area (Å²) in [5.41, 5.74) is 6.14. The molecule has 0 unspecified atom stereocenters. The quantitative estimate of drug-likeness (QED) is 0.431. The van der Waals surface area contributed by atoms with Crippen LogP contribution in [-0.4, -0.2) is 11.1 Å². The van der Waals surface area contributed by atoms with Crippen LogP contribution < -0.4 is 0 Å². The molecular formula is C25H36O2. The zero-order chi connectivity index (χ0) is 20.8. The molecule has 1 N–H and O–H groups in total. The van der Waals surface area contributed by atoms with Gasteiger partial charge in [-0.3, -0.25) is 0 Å². The molecular weight excluding hydrogens is 332 g/mol. The summed E-state index contributed by atoms with van der Waals surface area (Å²) in [4.78, 5) is 10.8. The predicted molar refractivity (Wildman–Crippen MR) is 117 cm³/mol. The molecule has 0 amide bonds. The predicted octanol–water partition coefficient (Wildman–Crippen LogP) is 7.05. The Hall–Kier alpha value is -2.09. The highest BCUT2D eigenvalue weighted by Gasteiger charge is 2.21. The molecule has 0 aliphatic carbocycles. The lowest BCUT2D eigenvalue weighted by molar-refractivity contribution is -0.131. The van der Waals surface area contributed by atoms with E-state index in [1.54, 1.807) is 6.92 Å². The summed E-state index contributed by atoms with van der Waals surface area (Å²) < 4.78 is 0. The summed E-state index contributed by atoms with van der Waals surface area (Å²) in [5.74, 6) is -0.914. The molecule has 0 spiro atoms. The van der Waals surface area contributed by atoms with Crippen LogP contribution in [0.25, 0.3) is 5.57 Å². The van der Waals surface area contributed by atoms with E-state index in [0.29, 0.717) is 0 Å². The van der Waals surface area contributed by atoms with Gasteiger partial charge in [0.2, 0.25) is 0 Å². The van der Waals surface area contributed by atoms with Crippen LogP contribution in [-0.2, 0) is 15.6 Å². The van der Waals surface area contributed by atoms with E-state index in [9.17, 15) is 4.79 Å². The highest BCUT2D eigenvalue weighted by molar-refractivity contribution is 5.81. The van der Waals surface area contributed by atoms with Crippen LogP contribution in [0.3, 0.4) is 0 Å². The molecule has 1 rings (SSSR count). The van der Waals surface area contributed by atoms with Gasteiger partial charge < -0.3 is 5.11 Å². The number of carboxylic acid groups (broad SMARTS) is 1. The lowest BCUT2D eigenvalue weighted by Gasteiger charge is -2.26. The van der Waals surface area contributed by atoms with Crippen molar-refractivity contribution in [3.8, 4) is 0 Å². The van der Waals surface area contributed by atoms with Crippen molar-refractivity contribution >= 4 is 11.5 Å². The van der Waals surface area contributed by atoms with Gasteiger partial charge in [0.25, 0.3) is 0 Å². The van der Waals surface area contributed by atoms with Crippen LogP contribution in [0, 0.1) is 0 Å². The number of benzene rings is 1. The lowest BCUT2D eigenvalue weighted by atomic mass is 9.78. The van der Waals surface area contributed by atoms with Gasteiger partial charge in [-0.2, -0.15) is 0 Å². The van der Waals surface area contributed by atoms with E-state index in [4.69, 9.17) is 5.11 Å². The smallest absolute Gasteiger partial charge is 0.328 e. The second-order valence-electron chi connectivity index (χ2n) is 9.33. The molecule has 0 heterocycles. The van der Waals surface area contributed by atoms with Gasteiger partial charge in [-0.05, 0) is 52.0 Å². The van der Waals surface area contributed by atoms with Crippen molar-refractivity contribution in [3.05, 3.63) is 64.8 Å². The van der Waals surface area contributed by atoms with Crippen molar-refractivity contribution in [2.75, 3.05) is 0 Å². The maximum atomic E-state index is 10.8. The fourth-order valence-electron chi connectivity index (χ4n) is 2.83. The molecule has 1 aromatic carbocycles. The summed E-state index contributed by atoms with van der Waals surface area (Å²) in [6.07, 6.45) is 9.21. The van der Waals surface area contributed by atoms with Gasteiger partial charge in [0.15, 0.2) is 0 Å². The Morgan fingerprint density at radius 2 is 1.52 bits per heavy atom. The molecule has 27 heavy (non-hydrogen) atoms. The van der Waals surface area contributed by atoms with Crippen molar-refractivity contribution in [3.63, 3.8) is 0 Å². The maximum absolute atomic E-state index is 10.8. The molecule has 1 aromatic rings. The normalized spacial score (nSPS) is 14.1. The van der Waals surface area contributed by atoms with Crippen LogP contribution in [0.4, 0.5) is 0 Å². The molecule has 0 aliphatic heterocycles. The number of carbonyl (C=O) groups is 1. The molecule has 148 valence electrons. The molecule has 0 bridgehead atoms. The van der Waals surface area contributed by atoms with Gasteiger partial charge in [0.1, 0.15) is 0 Å². The lowest BCUT2D eigenvalue weighted by Crippen LogP contribution is -2.17. The van der Waals surface area contributed by atoms with Gasteiger partial charge in [-0.1, -0.05) is 91.3 Å². The van der Waals surface area contributed by atoms with Crippen LogP contribution >= 0.6 is 0 Å². The minimum atomic E-state index is -0.914. The van der Waals surface area contributed by atoms with Crippen LogP contribution in [0.5, 0.6) is 0 Å². The third kappa shape index (κ3) is 7.58. The number of carboxylic acids is 1. The zero-order valence-electron chi connectivity index (χ0n) is 18.3. The third-order valence-electron chi connectivity index (χ3n) is 4.56. The van der Waals surface area contributed by atoms with Crippen molar-refractivity contribution < 1.29 is 9.90 Å². The molecule has 0 aromatic heterocycles. The second kappa shape index (κ2) is 9.21. The number of hydrogen-bond donors (Lipinski definition) is 1. The first-order chi connectivity index (χ1) is 12.3. The first-order valence-electron chi connectivity index (χ1n) is 9.79. The second-order valence-corrected chi connectivity index (χ2v) is 9.33. The molecule has 0 radical (unpaired) electrons. The Labute approximate surface area is 165 Å². The van der Waals surface area contributed by atoms with E-state index >= 15 is 0 Å². The highest BCUT2D eigenvalue weighted by Crippen LogP contribution is 2.33. The number of allylic oxidation sites excluding steroid dienone is 5. The Morgan fingerprint density at radius 1 is 1.00 bits per heavy atom. The molecule has 0 saturated carbocycles. The molecule has 0 atom stereocenters. The number of hydrogen-bond acceptors (Lipinski definition) is 1. The topological polar surface area (TPSA) is 37.3 Å². The van der Waals surface area contributed by atoms with E-state index in [1.165, 1.54) is 28.3 Å². The summed E-state index contributed by atoms with van der Waals surface area (Å²) in [6, 6.07) is 6.96. The highest BCUT2D eigenvalue weighted by atomic mass is 16.4. The molecule has 0 saturated heterocycles. The average Bonchev–Trinajstić information content (AvgIpc) is 2.51. The van der Waals surface area contributed by atoms with Crippen molar-refractivity contribution in [1.82, 2.24) is 0 Å². The van der Waals surface area contributed by atoms with E-state index in [-0.39, 0.29) is 10.8 Å². The SMILES string of the molecule is CCC/C(=C\C=C\C(C)=CC(=O)O)c1cc(C(C)(C)C)cc(C(C)(C)C)c1. The first kappa shape index (κ1) is 23.0. The Kier molecular flexibility index (Phi) is 7.83. The van der Waals surface area contributed by atoms with Crippen LogP contribution in [0.2, 0.25) is 0 Å². The van der Waals surface area contributed by atoms with Crippen LogP contribution in [0.1, 0.15) is 84.9 Å². The zero-order valence-corrected chi connectivity index (χ0v) is 18.3. The van der Waals surface area contributed by atoms with Crippen molar-refractivity contribution in [2.24, 2.45) is 0 Å². The van der Waals surface area contributed by atoms with E-state index in [2.05, 4.69) is 72.7 Å². The van der Waals surface area contributed by atoms with Gasteiger partial charge in [0.05, 0.1) is 0 Å². The Balaban J connectivity index is 3.44. The van der Waals surface area contributed by atoms with E-state index in [1.807, 2.05) is 12.2 Å². The van der Waals surface area contributed by atoms with Crippen LogP contribution in [0.15, 0.2) is 48.1 Å². The summed E-state index contributed by atoms with van der Waals surface area (Å²) in [5, 5.41) is 8.84. The molecule has 0 aliphatic rings. The number of rotatable bonds is 6. The Morgan fingerprint density at radius 3 is 1.93 bits per heavy atom. The summed E-state index contributed by atoms with van der Waals surface area (Å²) in [6.45, 7) is 17.5. The molecule has 0 fully saturated rings. The minimum absolute atomic E-state index is 0.0873. The molecule has 2 nitrogen and oxygen atoms in total. The van der Waals surface area contributed by atoms with E-state index in [0.717, 1.165) is 18.4 Å². The fourth-order valence-corrected chi connectivity index (χ4v) is 2.83. The fraction of sp³-hybridized carbons (Fsp3) is 0.480. The van der Waals surface area contributed by atoms with Gasteiger partial charge in [0, 0.05) is 6.08 Å². The summed E-state index contributed by atoms with van der Waals surface area (Å²) >= 11 is 0. The van der Waals surface area contributed by atoms with Crippen molar-refractivity contribution in [2.45, 2.75) is 79.1 Å². The van der Waals surface area contributed by atoms with Gasteiger partial charge in [-0.25, -0.2) is 4.79 Å². The number of aliphatic carboxylic acids is 1. The van der Waals surface area contributed by atoms with E-state index < -0.39 is 5.97 Å². The standard InChI is InChI=1S/C25H36O2/c1-9-11-19(13-10-12-18(2)14-23(26)27)20-15-21(24(3,4)5)17-22(16-20)25(6,7)8/h10,12-17H,9,11H2,1-8H3,(H,26,27)/b12-10+,18-14?,19-13+. The van der Waals surface area contributed by atoms with Gasteiger partial charge in [-0.15, -0.1) is 0 Å². The Bertz CT molecular complexity index is 715. The first-order valence-corrected chi connectivity index (χ1v) is 9.79. The van der Waals surface area contributed by atoms with Gasteiger partial charge >= 0.3 is 5.97 Å².